The van der Waals surface area contributed by atoms with E-state index in [2.05, 4.69) is 41.8 Å². The summed E-state index contributed by atoms with van der Waals surface area (Å²) >= 11 is 0. The van der Waals surface area contributed by atoms with Crippen LogP contribution in [0.15, 0.2) is 47.8 Å². The van der Waals surface area contributed by atoms with Gasteiger partial charge in [-0.15, -0.1) is 0 Å². The number of aliphatic imine (C=N–C) groups is 1. The highest BCUT2D eigenvalue weighted by molar-refractivity contribution is 6.69. The van der Waals surface area contributed by atoms with Crippen molar-refractivity contribution in [3.8, 4) is 0 Å². The molecule has 21 heavy (non-hydrogen) atoms. The maximum atomic E-state index is 6.27. The number of imidazole rings is 1. The molecule has 0 radical (unpaired) electrons. The van der Waals surface area contributed by atoms with Gasteiger partial charge < -0.3 is 8.99 Å². The highest BCUT2D eigenvalue weighted by Crippen LogP contribution is 2.22. The molecule has 1 aromatic heterocycles. The smallest absolute Gasteiger partial charge is 0.184 e. The molecule has 0 aliphatic carbocycles. The topological polar surface area (TPSA) is 39.4 Å². The van der Waals surface area contributed by atoms with Crippen molar-refractivity contribution >= 4 is 14.5 Å². The highest BCUT2D eigenvalue weighted by atomic mass is 28.4. The van der Waals surface area contributed by atoms with Gasteiger partial charge in [0.2, 0.25) is 0 Å². The predicted molar refractivity (Wildman–Crippen MR) is 89.3 cm³/mol. The third-order valence-electron chi connectivity index (χ3n) is 2.89. The minimum atomic E-state index is -1.62. The molecule has 0 bridgehead atoms. The zero-order valence-electron chi connectivity index (χ0n) is 13.2. The maximum Gasteiger partial charge on any atom is 0.184 e. The lowest BCUT2D eigenvalue weighted by atomic mass is 10.1. The molecule has 0 amide bonds. The Kier molecular flexibility index (Phi) is 5.09. The van der Waals surface area contributed by atoms with Crippen molar-refractivity contribution in [2.75, 3.05) is 6.54 Å². The molecule has 5 heteroatoms. The first-order valence-corrected chi connectivity index (χ1v) is 10.6. The Hall–Kier alpha value is -1.72. The van der Waals surface area contributed by atoms with Crippen LogP contribution in [0.5, 0.6) is 0 Å². The van der Waals surface area contributed by atoms with Gasteiger partial charge in [0.05, 0.1) is 24.7 Å². The number of hydrogen-bond donors (Lipinski definition) is 0. The van der Waals surface area contributed by atoms with E-state index in [0.717, 1.165) is 5.69 Å². The van der Waals surface area contributed by atoms with Gasteiger partial charge in [-0.3, -0.25) is 4.99 Å². The Bertz CT molecular complexity index is 587. The molecule has 0 saturated heterocycles. The van der Waals surface area contributed by atoms with Crippen molar-refractivity contribution in [2.45, 2.75) is 25.7 Å². The monoisotopic (exact) mass is 301 g/mol. The Morgan fingerprint density at radius 1 is 1.29 bits per heavy atom. The fourth-order valence-electron chi connectivity index (χ4n) is 2.05. The predicted octanol–water partition coefficient (Wildman–Crippen LogP) is 3.43. The van der Waals surface area contributed by atoms with Crippen molar-refractivity contribution in [2.24, 2.45) is 12.0 Å². The molecule has 0 spiro atoms. The van der Waals surface area contributed by atoms with E-state index < -0.39 is 8.32 Å². The molecule has 0 N–H and O–H groups in total. The molecule has 1 atom stereocenters. The third-order valence-corrected chi connectivity index (χ3v) is 3.88. The molecule has 1 heterocycles. The summed E-state index contributed by atoms with van der Waals surface area (Å²) < 4.78 is 8.18. The Morgan fingerprint density at radius 2 is 2.00 bits per heavy atom. The van der Waals surface area contributed by atoms with E-state index in [1.165, 1.54) is 5.56 Å². The standard InChI is InChI=1S/C16H23N3OSi/c1-19-12-15(18-13-19)10-17-11-16(20-21(2,3)4)14-8-6-5-7-9-14/h5-10,12-13,16H,11H2,1-4H3. The summed E-state index contributed by atoms with van der Waals surface area (Å²) in [6.45, 7) is 7.22. The third kappa shape index (κ3) is 5.28. The van der Waals surface area contributed by atoms with Gasteiger partial charge in [0.15, 0.2) is 8.32 Å². The minimum Gasteiger partial charge on any atom is -0.409 e. The molecule has 1 unspecified atom stereocenters. The molecule has 0 aliphatic heterocycles. The van der Waals surface area contributed by atoms with Crippen LogP contribution in [-0.2, 0) is 11.5 Å². The molecular formula is C16H23N3OSi. The lowest BCUT2D eigenvalue weighted by molar-refractivity contribution is 0.207. The molecule has 0 aliphatic rings. The van der Waals surface area contributed by atoms with Gasteiger partial charge in [-0.1, -0.05) is 30.3 Å². The van der Waals surface area contributed by atoms with Gasteiger partial charge in [-0.2, -0.15) is 0 Å². The molecule has 0 saturated carbocycles. The summed E-state index contributed by atoms with van der Waals surface area (Å²) in [6, 6.07) is 10.3. The van der Waals surface area contributed by atoms with Crippen LogP contribution in [-0.4, -0.2) is 30.6 Å². The molecule has 112 valence electrons. The summed E-state index contributed by atoms with van der Waals surface area (Å²) in [5, 5.41) is 0. The van der Waals surface area contributed by atoms with Crippen LogP contribution >= 0.6 is 0 Å². The van der Waals surface area contributed by atoms with Gasteiger partial charge in [-0.05, 0) is 25.2 Å². The molecular weight excluding hydrogens is 278 g/mol. The highest BCUT2D eigenvalue weighted by Gasteiger charge is 2.21. The van der Waals surface area contributed by atoms with Crippen LogP contribution in [0.2, 0.25) is 19.6 Å². The van der Waals surface area contributed by atoms with E-state index in [0.29, 0.717) is 6.54 Å². The number of hydrogen-bond acceptors (Lipinski definition) is 3. The van der Waals surface area contributed by atoms with E-state index in [9.17, 15) is 0 Å². The quantitative estimate of drug-likeness (QED) is 0.606. The van der Waals surface area contributed by atoms with Crippen LogP contribution in [0.1, 0.15) is 17.4 Å². The Morgan fingerprint density at radius 3 is 2.57 bits per heavy atom. The first-order chi connectivity index (χ1) is 9.94. The number of rotatable bonds is 6. The van der Waals surface area contributed by atoms with Crippen LogP contribution in [0.25, 0.3) is 0 Å². The first kappa shape index (κ1) is 15.7. The minimum absolute atomic E-state index is 0.0119. The van der Waals surface area contributed by atoms with Gasteiger partial charge in [0, 0.05) is 19.5 Å². The van der Waals surface area contributed by atoms with Gasteiger partial charge in [-0.25, -0.2) is 4.98 Å². The lowest BCUT2D eigenvalue weighted by Crippen LogP contribution is -2.29. The van der Waals surface area contributed by atoms with E-state index in [1.54, 1.807) is 6.33 Å². The normalized spacial score (nSPS) is 13.7. The van der Waals surface area contributed by atoms with E-state index in [-0.39, 0.29) is 6.10 Å². The van der Waals surface area contributed by atoms with Crippen LogP contribution in [0, 0.1) is 0 Å². The Labute approximate surface area is 127 Å². The van der Waals surface area contributed by atoms with Crippen LogP contribution in [0.4, 0.5) is 0 Å². The second-order valence-electron chi connectivity index (χ2n) is 6.09. The van der Waals surface area contributed by atoms with Gasteiger partial charge in [0.25, 0.3) is 0 Å². The van der Waals surface area contributed by atoms with Crippen molar-refractivity contribution in [1.29, 1.82) is 0 Å². The van der Waals surface area contributed by atoms with Crippen LogP contribution < -0.4 is 0 Å². The average Bonchev–Trinajstić information content (AvgIpc) is 2.83. The van der Waals surface area contributed by atoms with Crippen molar-refractivity contribution in [3.05, 3.63) is 54.1 Å². The van der Waals surface area contributed by atoms with E-state index >= 15 is 0 Å². The van der Waals surface area contributed by atoms with Crippen molar-refractivity contribution < 1.29 is 4.43 Å². The van der Waals surface area contributed by atoms with E-state index in [1.807, 2.05) is 42.2 Å². The summed E-state index contributed by atoms with van der Waals surface area (Å²) in [7, 11) is 0.328. The zero-order chi connectivity index (χ0) is 15.3. The van der Waals surface area contributed by atoms with Crippen LogP contribution in [0.3, 0.4) is 0 Å². The molecule has 2 rings (SSSR count). The summed E-state index contributed by atoms with van der Waals surface area (Å²) in [6.07, 6.45) is 5.54. The summed E-state index contributed by atoms with van der Waals surface area (Å²) in [5.74, 6) is 0. The van der Waals surface area contributed by atoms with E-state index in [4.69, 9.17) is 4.43 Å². The number of aryl methyl sites for hydroxylation is 1. The largest absolute Gasteiger partial charge is 0.409 e. The van der Waals surface area contributed by atoms with Crippen molar-refractivity contribution in [3.63, 3.8) is 0 Å². The number of nitrogens with zero attached hydrogens (tertiary/aromatic N) is 3. The maximum absolute atomic E-state index is 6.27. The fraction of sp³-hybridized carbons (Fsp3) is 0.375. The Balaban J connectivity index is 2.07. The molecule has 1 aromatic carbocycles. The average molecular weight is 301 g/mol. The second-order valence-corrected chi connectivity index (χ2v) is 10.5. The summed E-state index contributed by atoms with van der Waals surface area (Å²) in [5.41, 5.74) is 2.05. The van der Waals surface area contributed by atoms with Gasteiger partial charge >= 0.3 is 0 Å². The fourth-order valence-corrected chi connectivity index (χ4v) is 3.11. The second kappa shape index (κ2) is 6.82. The number of aromatic nitrogens is 2. The first-order valence-electron chi connectivity index (χ1n) is 7.14. The summed E-state index contributed by atoms with van der Waals surface area (Å²) in [4.78, 5) is 8.75. The zero-order valence-corrected chi connectivity index (χ0v) is 14.2. The lowest BCUT2D eigenvalue weighted by Gasteiger charge is -2.25. The molecule has 4 nitrogen and oxygen atoms in total. The molecule has 2 aromatic rings. The SMILES string of the molecule is Cn1cnc(C=NCC(O[Si](C)(C)C)c2ccccc2)c1. The molecule has 0 fully saturated rings. The van der Waals surface area contributed by atoms with Crippen molar-refractivity contribution in [1.82, 2.24) is 9.55 Å². The number of benzene rings is 1. The van der Waals surface area contributed by atoms with Gasteiger partial charge in [0.1, 0.15) is 0 Å².